The van der Waals surface area contributed by atoms with Crippen molar-refractivity contribution in [2.45, 2.75) is 69.9 Å². The lowest BCUT2D eigenvalue weighted by atomic mass is 9.91. The maximum absolute atomic E-state index is 11.0. The highest BCUT2D eigenvalue weighted by atomic mass is 16.7. The van der Waals surface area contributed by atoms with Crippen molar-refractivity contribution in [3.8, 4) is 0 Å². The summed E-state index contributed by atoms with van der Waals surface area (Å²) in [5.41, 5.74) is 0. The first-order valence-electron chi connectivity index (χ1n) is 9.43. The highest BCUT2D eigenvalue weighted by Crippen LogP contribution is 2.38. The molecular weight excluding hydrogens is 324 g/mol. The number of aliphatic hydroxyl groups is 2. The van der Waals surface area contributed by atoms with Crippen LogP contribution >= 0.6 is 0 Å². The van der Waals surface area contributed by atoms with Crippen LogP contribution in [0.3, 0.4) is 0 Å². The van der Waals surface area contributed by atoms with Gasteiger partial charge in [-0.3, -0.25) is 4.79 Å². The van der Waals surface area contributed by atoms with E-state index < -0.39 is 6.10 Å². The third-order valence-corrected chi connectivity index (χ3v) is 5.23. The molecule has 2 rings (SSSR count). The van der Waals surface area contributed by atoms with Gasteiger partial charge in [0.2, 0.25) is 0 Å². The molecule has 0 aromatic rings. The second-order valence-electron chi connectivity index (χ2n) is 6.96. The van der Waals surface area contributed by atoms with Crippen molar-refractivity contribution in [2.24, 2.45) is 11.8 Å². The summed E-state index contributed by atoms with van der Waals surface area (Å²) in [4.78, 5) is 11.0. The molecule has 0 radical (unpaired) electrons. The van der Waals surface area contributed by atoms with E-state index in [9.17, 15) is 15.0 Å². The average Bonchev–Trinajstić information content (AvgIpc) is 2.92. The Morgan fingerprint density at radius 2 is 2.12 bits per heavy atom. The molecule has 0 amide bonds. The predicted octanol–water partition coefficient (Wildman–Crippen LogP) is 2.18. The van der Waals surface area contributed by atoms with E-state index in [1.807, 2.05) is 12.2 Å². The molecule has 25 heavy (non-hydrogen) atoms. The number of carbonyl (C=O) groups is 1. The van der Waals surface area contributed by atoms with Gasteiger partial charge in [-0.25, -0.2) is 0 Å². The maximum Gasteiger partial charge on any atom is 0.305 e. The van der Waals surface area contributed by atoms with Gasteiger partial charge in [0.15, 0.2) is 6.29 Å². The molecule has 0 aromatic carbocycles. The second-order valence-corrected chi connectivity index (χ2v) is 6.96. The number of methoxy groups -OCH3 is 1. The van der Waals surface area contributed by atoms with Gasteiger partial charge in [-0.1, -0.05) is 12.2 Å². The van der Waals surface area contributed by atoms with Crippen LogP contribution in [0, 0.1) is 11.8 Å². The topological polar surface area (TPSA) is 85.2 Å². The molecule has 0 bridgehead atoms. The Kier molecular flexibility index (Phi) is 8.89. The Morgan fingerprint density at radius 1 is 1.28 bits per heavy atom. The Labute approximate surface area is 150 Å². The number of ether oxygens (including phenoxy) is 3. The van der Waals surface area contributed by atoms with Gasteiger partial charge in [-0.2, -0.15) is 0 Å². The zero-order valence-corrected chi connectivity index (χ0v) is 15.1. The molecule has 1 saturated heterocycles. The van der Waals surface area contributed by atoms with Crippen LogP contribution < -0.4 is 0 Å². The summed E-state index contributed by atoms with van der Waals surface area (Å²) < 4.78 is 16.2. The van der Waals surface area contributed by atoms with Crippen LogP contribution in [0.25, 0.3) is 0 Å². The van der Waals surface area contributed by atoms with Crippen molar-refractivity contribution in [1.82, 2.24) is 0 Å². The van der Waals surface area contributed by atoms with E-state index in [4.69, 9.17) is 9.47 Å². The molecular formula is C19H32O6. The van der Waals surface area contributed by atoms with Crippen molar-refractivity contribution in [3.05, 3.63) is 12.2 Å². The minimum atomic E-state index is -0.467. The highest BCUT2D eigenvalue weighted by molar-refractivity contribution is 5.69. The van der Waals surface area contributed by atoms with E-state index in [-0.39, 0.29) is 36.8 Å². The first-order chi connectivity index (χ1) is 12.2. The SMILES string of the molecule is COC(=O)CCC/C=C\C[C@H]1[C@H](CO)[C@@H](OC2CCCCO2)C[C@H]1O. The summed E-state index contributed by atoms with van der Waals surface area (Å²) in [6.07, 6.45) is 9.53. The quantitative estimate of drug-likeness (QED) is 0.374. The normalized spacial score (nSPS) is 33.0. The summed E-state index contributed by atoms with van der Waals surface area (Å²) >= 11 is 0. The van der Waals surface area contributed by atoms with Crippen LogP contribution in [0.15, 0.2) is 12.2 Å². The van der Waals surface area contributed by atoms with E-state index in [1.165, 1.54) is 7.11 Å². The molecule has 144 valence electrons. The van der Waals surface area contributed by atoms with Gasteiger partial charge >= 0.3 is 5.97 Å². The number of rotatable bonds is 9. The fraction of sp³-hybridized carbons (Fsp3) is 0.842. The standard InChI is InChI=1S/C19H32O6/c1-23-18(22)9-5-3-2-4-8-14-15(13-20)17(12-16(14)21)25-19-10-6-7-11-24-19/h2,4,14-17,19-21H,3,5-13H2,1H3/b4-2-/t14-,15-,16+,17-,19?/m0/s1. The number of unbranched alkanes of at least 4 members (excludes halogenated alkanes) is 1. The van der Waals surface area contributed by atoms with Gasteiger partial charge in [0.25, 0.3) is 0 Å². The molecule has 1 heterocycles. The first-order valence-corrected chi connectivity index (χ1v) is 9.43. The number of hydrogen-bond donors (Lipinski definition) is 2. The summed E-state index contributed by atoms with van der Waals surface area (Å²) in [7, 11) is 1.39. The second kappa shape index (κ2) is 10.9. The van der Waals surface area contributed by atoms with Gasteiger partial charge in [0, 0.05) is 32.0 Å². The molecule has 1 saturated carbocycles. The molecule has 2 fully saturated rings. The van der Waals surface area contributed by atoms with Crippen molar-refractivity contribution in [3.63, 3.8) is 0 Å². The van der Waals surface area contributed by atoms with Crippen LogP contribution in [0.2, 0.25) is 0 Å². The summed E-state index contributed by atoms with van der Waals surface area (Å²) in [6.45, 7) is 0.733. The molecule has 2 aliphatic rings. The molecule has 6 heteroatoms. The van der Waals surface area contributed by atoms with Gasteiger partial charge in [0.1, 0.15) is 0 Å². The minimum Gasteiger partial charge on any atom is -0.469 e. The predicted molar refractivity (Wildman–Crippen MR) is 92.8 cm³/mol. The lowest BCUT2D eigenvalue weighted by Gasteiger charge is -2.29. The monoisotopic (exact) mass is 356 g/mol. The van der Waals surface area contributed by atoms with Crippen LogP contribution in [-0.4, -0.2) is 55.0 Å². The molecule has 1 aliphatic carbocycles. The zero-order chi connectivity index (χ0) is 18.1. The fourth-order valence-electron chi connectivity index (χ4n) is 3.74. The summed E-state index contributed by atoms with van der Waals surface area (Å²) in [6, 6.07) is 0. The largest absolute Gasteiger partial charge is 0.469 e. The van der Waals surface area contributed by atoms with Crippen LogP contribution in [0.4, 0.5) is 0 Å². The van der Waals surface area contributed by atoms with E-state index in [0.29, 0.717) is 19.3 Å². The Morgan fingerprint density at radius 3 is 2.80 bits per heavy atom. The zero-order valence-electron chi connectivity index (χ0n) is 15.1. The molecule has 2 N–H and O–H groups in total. The lowest BCUT2D eigenvalue weighted by molar-refractivity contribution is -0.198. The molecule has 1 aliphatic heterocycles. The lowest BCUT2D eigenvalue weighted by Crippen LogP contribution is -2.32. The molecule has 0 aromatic heterocycles. The molecule has 1 unspecified atom stereocenters. The average molecular weight is 356 g/mol. The Hall–Kier alpha value is -0.950. The number of hydrogen-bond acceptors (Lipinski definition) is 6. The smallest absolute Gasteiger partial charge is 0.305 e. The van der Waals surface area contributed by atoms with Crippen LogP contribution in [0.1, 0.15) is 51.4 Å². The first kappa shape index (κ1) is 20.4. The molecule has 0 spiro atoms. The van der Waals surface area contributed by atoms with E-state index in [2.05, 4.69) is 4.74 Å². The summed E-state index contributed by atoms with van der Waals surface area (Å²) in [5, 5.41) is 20.1. The number of esters is 1. The number of carbonyl (C=O) groups excluding carboxylic acids is 1. The van der Waals surface area contributed by atoms with Crippen LogP contribution in [0.5, 0.6) is 0 Å². The van der Waals surface area contributed by atoms with Gasteiger partial charge in [-0.05, 0) is 44.4 Å². The third kappa shape index (κ3) is 6.37. The van der Waals surface area contributed by atoms with Crippen molar-refractivity contribution in [2.75, 3.05) is 20.3 Å². The Bertz CT molecular complexity index is 418. The fourth-order valence-corrected chi connectivity index (χ4v) is 3.74. The van der Waals surface area contributed by atoms with Crippen LogP contribution in [-0.2, 0) is 19.0 Å². The maximum atomic E-state index is 11.0. The van der Waals surface area contributed by atoms with Crippen molar-refractivity contribution in [1.29, 1.82) is 0 Å². The van der Waals surface area contributed by atoms with Crippen molar-refractivity contribution >= 4 is 5.97 Å². The van der Waals surface area contributed by atoms with E-state index >= 15 is 0 Å². The van der Waals surface area contributed by atoms with E-state index in [1.54, 1.807) is 0 Å². The number of aliphatic hydroxyl groups excluding tert-OH is 2. The molecule has 5 atom stereocenters. The summed E-state index contributed by atoms with van der Waals surface area (Å²) in [5.74, 6) is -0.263. The van der Waals surface area contributed by atoms with Gasteiger partial charge in [-0.15, -0.1) is 0 Å². The minimum absolute atomic E-state index is 0.00422. The molecule has 6 nitrogen and oxygen atoms in total. The van der Waals surface area contributed by atoms with E-state index in [0.717, 1.165) is 38.7 Å². The highest BCUT2D eigenvalue weighted by Gasteiger charge is 2.43. The third-order valence-electron chi connectivity index (χ3n) is 5.23. The number of allylic oxidation sites excluding steroid dienone is 2. The van der Waals surface area contributed by atoms with Gasteiger partial charge in [0.05, 0.1) is 19.3 Å². The van der Waals surface area contributed by atoms with Gasteiger partial charge < -0.3 is 24.4 Å². The van der Waals surface area contributed by atoms with Crippen molar-refractivity contribution < 1.29 is 29.2 Å². The Balaban J connectivity index is 1.76.